The Labute approximate surface area is 127 Å². The van der Waals surface area contributed by atoms with Crippen LogP contribution in [0.15, 0.2) is 18.2 Å². The molecule has 21 heavy (non-hydrogen) atoms. The summed E-state index contributed by atoms with van der Waals surface area (Å²) in [5.74, 6) is 1.69. The van der Waals surface area contributed by atoms with E-state index in [0.717, 1.165) is 24.6 Å². The molecule has 0 radical (unpaired) electrons. The summed E-state index contributed by atoms with van der Waals surface area (Å²) < 4.78 is 10.9. The van der Waals surface area contributed by atoms with Gasteiger partial charge in [0.05, 0.1) is 0 Å². The molecule has 1 atom stereocenters. The summed E-state index contributed by atoms with van der Waals surface area (Å²) in [5, 5.41) is 0. The van der Waals surface area contributed by atoms with Crippen LogP contribution in [0.1, 0.15) is 44.7 Å². The van der Waals surface area contributed by atoms with Gasteiger partial charge in [0.2, 0.25) is 6.79 Å². The van der Waals surface area contributed by atoms with Crippen LogP contribution < -0.4 is 15.2 Å². The Hall–Kier alpha value is -1.26. The van der Waals surface area contributed by atoms with Gasteiger partial charge < -0.3 is 15.2 Å². The molecular formula is C17H26N2O2. The number of hydrogen-bond acceptors (Lipinski definition) is 4. The molecule has 0 spiro atoms. The van der Waals surface area contributed by atoms with Crippen LogP contribution >= 0.6 is 0 Å². The highest BCUT2D eigenvalue weighted by molar-refractivity contribution is 5.45. The fraction of sp³-hybridized carbons (Fsp3) is 0.647. The number of hydrogen-bond donors (Lipinski definition) is 1. The van der Waals surface area contributed by atoms with E-state index in [-0.39, 0.29) is 6.04 Å². The van der Waals surface area contributed by atoms with Crippen molar-refractivity contribution >= 4 is 0 Å². The monoisotopic (exact) mass is 290 g/mol. The SMILES string of the molecule is CC1(C)CCCN(C(CN)c2ccc3c(c2)OCO3)CC1. The van der Waals surface area contributed by atoms with Crippen LogP contribution in [-0.4, -0.2) is 31.3 Å². The first-order valence-corrected chi connectivity index (χ1v) is 7.93. The minimum absolute atomic E-state index is 0.272. The summed E-state index contributed by atoms with van der Waals surface area (Å²) in [7, 11) is 0. The van der Waals surface area contributed by atoms with E-state index in [2.05, 4.69) is 30.9 Å². The molecule has 1 fully saturated rings. The lowest BCUT2D eigenvalue weighted by molar-refractivity contribution is 0.173. The zero-order chi connectivity index (χ0) is 14.9. The molecule has 0 bridgehead atoms. The molecular weight excluding hydrogens is 264 g/mol. The van der Waals surface area contributed by atoms with Gasteiger partial charge in [0.15, 0.2) is 11.5 Å². The van der Waals surface area contributed by atoms with Crippen molar-refractivity contribution in [3.8, 4) is 11.5 Å². The minimum atomic E-state index is 0.272. The third kappa shape index (κ3) is 3.16. The summed E-state index contributed by atoms with van der Waals surface area (Å²) in [4.78, 5) is 2.53. The van der Waals surface area contributed by atoms with Gasteiger partial charge in [-0.2, -0.15) is 0 Å². The highest BCUT2D eigenvalue weighted by Crippen LogP contribution is 2.37. The normalized spacial score (nSPS) is 22.8. The molecule has 4 heteroatoms. The van der Waals surface area contributed by atoms with Crippen LogP contribution in [0.5, 0.6) is 11.5 Å². The smallest absolute Gasteiger partial charge is 0.231 e. The summed E-state index contributed by atoms with van der Waals surface area (Å²) in [5.41, 5.74) is 7.77. The van der Waals surface area contributed by atoms with Crippen molar-refractivity contribution in [2.75, 3.05) is 26.4 Å². The molecule has 1 unspecified atom stereocenters. The largest absolute Gasteiger partial charge is 0.454 e. The lowest BCUT2D eigenvalue weighted by Gasteiger charge is -2.31. The molecule has 2 N–H and O–H groups in total. The van der Waals surface area contributed by atoms with Crippen molar-refractivity contribution in [1.29, 1.82) is 0 Å². The molecule has 0 saturated carbocycles. The minimum Gasteiger partial charge on any atom is -0.454 e. The molecule has 1 saturated heterocycles. The molecule has 0 aliphatic carbocycles. The number of nitrogens with zero attached hydrogens (tertiary/aromatic N) is 1. The van der Waals surface area contributed by atoms with E-state index in [0.29, 0.717) is 18.8 Å². The zero-order valence-electron chi connectivity index (χ0n) is 13.1. The number of likely N-dealkylation sites (tertiary alicyclic amines) is 1. The molecule has 0 aromatic heterocycles. The maximum Gasteiger partial charge on any atom is 0.231 e. The van der Waals surface area contributed by atoms with Crippen LogP contribution in [0.25, 0.3) is 0 Å². The molecule has 2 aliphatic heterocycles. The highest BCUT2D eigenvalue weighted by atomic mass is 16.7. The van der Waals surface area contributed by atoms with Crippen molar-refractivity contribution in [3.63, 3.8) is 0 Å². The Balaban J connectivity index is 1.78. The fourth-order valence-corrected chi connectivity index (χ4v) is 3.37. The predicted molar refractivity (Wildman–Crippen MR) is 83.6 cm³/mol. The average molecular weight is 290 g/mol. The van der Waals surface area contributed by atoms with Crippen molar-refractivity contribution in [2.24, 2.45) is 11.1 Å². The lowest BCUT2D eigenvalue weighted by Crippen LogP contribution is -2.34. The lowest BCUT2D eigenvalue weighted by atomic mass is 9.85. The fourth-order valence-electron chi connectivity index (χ4n) is 3.37. The van der Waals surface area contributed by atoms with Gasteiger partial charge in [0, 0.05) is 12.6 Å². The van der Waals surface area contributed by atoms with Crippen molar-refractivity contribution < 1.29 is 9.47 Å². The standard InChI is InChI=1S/C17H26N2O2/c1-17(2)6-3-8-19(9-7-17)14(11-18)13-4-5-15-16(10-13)21-12-20-15/h4-5,10,14H,3,6-9,11-12,18H2,1-2H3. The second-order valence-electron chi connectivity index (χ2n) is 6.92. The molecule has 1 aromatic carbocycles. The Kier molecular flexibility index (Phi) is 4.09. The third-order valence-electron chi connectivity index (χ3n) is 4.82. The van der Waals surface area contributed by atoms with Crippen molar-refractivity contribution in [2.45, 2.75) is 39.2 Å². The van der Waals surface area contributed by atoms with Gasteiger partial charge in [-0.15, -0.1) is 0 Å². The second kappa shape index (κ2) is 5.85. The van der Waals surface area contributed by atoms with Gasteiger partial charge in [-0.05, 0) is 55.5 Å². The van der Waals surface area contributed by atoms with Crippen LogP contribution in [0, 0.1) is 5.41 Å². The number of fused-ring (bicyclic) bond motifs is 1. The van der Waals surface area contributed by atoms with Gasteiger partial charge in [-0.1, -0.05) is 19.9 Å². The van der Waals surface area contributed by atoms with Gasteiger partial charge in [-0.25, -0.2) is 0 Å². The topological polar surface area (TPSA) is 47.7 Å². The molecule has 0 amide bonds. The molecule has 3 rings (SSSR count). The number of ether oxygens (including phenoxy) is 2. The summed E-state index contributed by atoms with van der Waals surface area (Å²) in [6.07, 6.45) is 3.77. The molecule has 4 nitrogen and oxygen atoms in total. The summed E-state index contributed by atoms with van der Waals surface area (Å²) >= 11 is 0. The Bertz CT molecular complexity index is 502. The number of rotatable bonds is 3. The van der Waals surface area contributed by atoms with Crippen molar-refractivity contribution in [3.05, 3.63) is 23.8 Å². The predicted octanol–water partition coefficient (Wildman–Crippen LogP) is 2.93. The second-order valence-corrected chi connectivity index (χ2v) is 6.92. The Morgan fingerprint density at radius 1 is 1.19 bits per heavy atom. The van der Waals surface area contributed by atoms with Gasteiger partial charge in [-0.3, -0.25) is 4.90 Å². The number of benzene rings is 1. The van der Waals surface area contributed by atoms with E-state index in [1.807, 2.05) is 6.07 Å². The van der Waals surface area contributed by atoms with E-state index in [1.54, 1.807) is 0 Å². The van der Waals surface area contributed by atoms with Gasteiger partial charge >= 0.3 is 0 Å². The quantitative estimate of drug-likeness (QED) is 0.930. The van der Waals surface area contributed by atoms with E-state index in [1.165, 1.54) is 24.8 Å². The van der Waals surface area contributed by atoms with Crippen molar-refractivity contribution in [1.82, 2.24) is 4.90 Å². The van der Waals surface area contributed by atoms with E-state index >= 15 is 0 Å². The average Bonchev–Trinajstić information content (AvgIpc) is 2.85. The summed E-state index contributed by atoms with van der Waals surface area (Å²) in [6, 6.07) is 6.49. The zero-order valence-corrected chi connectivity index (χ0v) is 13.1. The highest BCUT2D eigenvalue weighted by Gasteiger charge is 2.28. The summed E-state index contributed by atoms with van der Waals surface area (Å²) in [6.45, 7) is 7.94. The van der Waals surface area contributed by atoms with E-state index in [4.69, 9.17) is 15.2 Å². The Morgan fingerprint density at radius 3 is 2.81 bits per heavy atom. The number of nitrogens with two attached hydrogens (primary N) is 1. The first-order valence-electron chi connectivity index (χ1n) is 7.93. The van der Waals surface area contributed by atoms with Crippen LogP contribution in [0.3, 0.4) is 0 Å². The van der Waals surface area contributed by atoms with Crippen LogP contribution in [0.4, 0.5) is 0 Å². The first-order chi connectivity index (χ1) is 10.1. The maximum atomic E-state index is 6.09. The van der Waals surface area contributed by atoms with Gasteiger partial charge in [0.25, 0.3) is 0 Å². The molecule has 2 heterocycles. The first kappa shape index (κ1) is 14.7. The molecule has 116 valence electrons. The van der Waals surface area contributed by atoms with Crippen LogP contribution in [0.2, 0.25) is 0 Å². The molecule has 2 aliphatic rings. The molecule has 1 aromatic rings. The van der Waals surface area contributed by atoms with Crippen LogP contribution in [-0.2, 0) is 0 Å². The maximum absolute atomic E-state index is 6.09. The van der Waals surface area contributed by atoms with E-state index in [9.17, 15) is 0 Å². The Morgan fingerprint density at radius 2 is 2.00 bits per heavy atom. The van der Waals surface area contributed by atoms with Gasteiger partial charge in [0.1, 0.15) is 0 Å². The van der Waals surface area contributed by atoms with E-state index < -0.39 is 0 Å². The third-order valence-corrected chi connectivity index (χ3v) is 4.82.